The number of hydrogen-bond donors (Lipinski definition) is 1. The van der Waals surface area contributed by atoms with E-state index in [0.29, 0.717) is 5.56 Å². The second-order valence-corrected chi connectivity index (χ2v) is 4.02. The molecule has 1 aromatic heterocycles. The van der Waals surface area contributed by atoms with E-state index in [1.165, 1.54) is 23.0 Å². The Labute approximate surface area is 108 Å². The number of rotatable bonds is 4. The van der Waals surface area contributed by atoms with Gasteiger partial charge in [0.05, 0.1) is 6.20 Å². The van der Waals surface area contributed by atoms with Crippen LogP contribution in [0.5, 0.6) is 0 Å². The minimum absolute atomic E-state index is 0.196. The van der Waals surface area contributed by atoms with Crippen molar-refractivity contribution >= 4 is 5.91 Å². The van der Waals surface area contributed by atoms with Gasteiger partial charge < -0.3 is 5.32 Å². The molecule has 0 aliphatic heterocycles. The first kappa shape index (κ1) is 13.1. The molecular formula is C12H12F2N4O. The fraction of sp³-hybridized carbons (Fsp3) is 0.250. The van der Waals surface area contributed by atoms with Crippen LogP contribution in [0.25, 0.3) is 0 Å². The van der Waals surface area contributed by atoms with Crippen LogP contribution in [0.3, 0.4) is 0 Å². The van der Waals surface area contributed by atoms with Gasteiger partial charge in [-0.05, 0) is 18.1 Å². The molecule has 0 bridgehead atoms. The van der Waals surface area contributed by atoms with E-state index in [1.807, 2.05) is 0 Å². The van der Waals surface area contributed by atoms with Crippen molar-refractivity contribution in [2.45, 2.75) is 6.42 Å². The molecule has 2 aromatic rings. The van der Waals surface area contributed by atoms with Gasteiger partial charge in [0.1, 0.15) is 11.6 Å². The van der Waals surface area contributed by atoms with Crippen LogP contribution in [0.1, 0.15) is 16.1 Å². The van der Waals surface area contributed by atoms with Gasteiger partial charge in [0.25, 0.3) is 5.91 Å². The van der Waals surface area contributed by atoms with Crippen molar-refractivity contribution in [1.29, 1.82) is 0 Å². The number of hydrogen-bond acceptors (Lipinski definition) is 3. The fourth-order valence-electron chi connectivity index (χ4n) is 1.58. The average molecular weight is 266 g/mol. The highest BCUT2D eigenvalue weighted by molar-refractivity contribution is 5.91. The van der Waals surface area contributed by atoms with Crippen molar-refractivity contribution in [2.24, 2.45) is 7.05 Å². The summed E-state index contributed by atoms with van der Waals surface area (Å²) < 4.78 is 27.4. The van der Waals surface area contributed by atoms with E-state index in [4.69, 9.17) is 0 Å². The lowest BCUT2D eigenvalue weighted by atomic mass is 10.1. The Kier molecular flexibility index (Phi) is 3.84. The van der Waals surface area contributed by atoms with E-state index < -0.39 is 11.6 Å². The monoisotopic (exact) mass is 266 g/mol. The Morgan fingerprint density at radius 2 is 2.21 bits per heavy atom. The Bertz CT molecular complexity index is 597. The van der Waals surface area contributed by atoms with Crippen LogP contribution in [0.4, 0.5) is 8.78 Å². The largest absolute Gasteiger partial charge is 0.350 e. The summed E-state index contributed by atoms with van der Waals surface area (Å²) in [6, 6.07) is 3.36. The zero-order valence-corrected chi connectivity index (χ0v) is 10.2. The zero-order valence-electron chi connectivity index (χ0n) is 10.2. The van der Waals surface area contributed by atoms with E-state index in [1.54, 1.807) is 7.05 Å². The second-order valence-electron chi connectivity index (χ2n) is 4.02. The van der Waals surface area contributed by atoms with E-state index >= 15 is 0 Å². The topological polar surface area (TPSA) is 59.8 Å². The number of amides is 1. The number of carbonyl (C=O) groups is 1. The summed E-state index contributed by atoms with van der Waals surface area (Å²) in [4.78, 5) is 11.6. The molecule has 0 aliphatic carbocycles. The van der Waals surface area contributed by atoms with Gasteiger partial charge in [0.15, 0.2) is 5.69 Å². The Morgan fingerprint density at radius 1 is 1.42 bits per heavy atom. The molecule has 7 heteroatoms. The number of benzene rings is 1. The standard InChI is InChI=1S/C12H12F2N4O/c1-18-7-11(16-17-18)12(19)15-5-4-8-2-3-9(13)6-10(8)14/h2-3,6-7H,4-5H2,1H3,(H,15,19). The van der Waals surface area contributed by atoms with Crippen LogP contribution in [0.15, 0.2) is 24.4 Å². The molecule has 0 fully saturated rings. The predicted molar refractivity (Wildman–Crippen MR) is 63.4 cm³/mol. The van der Waals surface area contributed by atoms with Crippen molar-refractivity contribution in [3.05, 3.63) is 47.3 Å². The molecule has 0 unspecified atom stereocenters. The first-order valence-electron chi connectivity index (χ1n) is 5.64. The molecule has 100 valence electrons. The van der Waals surface area contributed by atoms with Crippen LogP contribution < -0.4 is 5.32 Å². The van der Waals surface area contributed by atoms with E-state index in [0.717, 1.165) is 6.07 Å². The van der Waals surface area contributed by atoms with Gasteiger partial charge in [-0.1, -0.05) is 11.3 Å². The van der Waals surface area contributed by atoms with Gasteiger partial charge in [-0.3, -0.25) is 9.48 Å². The summed E-state index contributed by atoms with van der Waals surface area (Å²) in [5, 5.41) is 9.87. The third-order valence-electron chi connectivity index (χ3n) is 2.53. The molecule has 1 heterocycles. The van der Waals surface area contributed by atoms with E-state index in [-0.39, 0.29) is 24.6 Å². The predicted octanol–water partition coefficient (Wildman–Crippen LogP) is 1.07. The van der Waals surface area contributed by atoms with E-state index in [9.17, 15) is 13.6 Å². The van der Waals surface area contributed by atoms with Gasteiger partial charge in [-0.15, -0.1) is 5.10 Å². The molecule has 0 aliphatic rings. The quantitative estimate of drug-likeness (QED) is 0.900. The van der Waals surface area contributed by atoms with Crippen molar-refractivity contribution in [2.75, 3.05) is 6.54 Å². The number of nitrogens with one attached hydrogen (secondary N) is 1. The number of nitrogens with zero attached hydrogens (tertiary/aromatic N) is 3. The molecule has 2 rings (SSSR count). The van der Waals surface area contributed by atoms with Gasteiger partial charge in [0, 0.05) is 19.7 Å². The maximum absolute atomic E-state index is 13.3. The molecule has 0 radical (unpaired) electrons. The smallest absolute Gasteiger partial charge is 0.273 e. The molecule has 1 aromatic carbocycles. The molecule has 0 atom stereocenters. The van der Waals surface area contributed by atoms with Gasteiger partial charge in [-0.25, -0.2) is 8.78 Å². The minimum Gasteiger partial charge on any atom is -0.350 e. The SMILES string of the molecule is Cn1cc(C(=O)NCCc2ccc(F)cc2F)nn1. The molecule has 5 nitrogen and oxygen atoms in total. The highest BCUT2D eigenvalue weighted by Gasteiger charge is 2.09. The minimum atomic E-state index is -0.621. The Hall–Kier alpha value is -2.31. The average Bonchev–Trinajstić information content (AvgIpc) is 2.78. The summed E-state index contributed by atoms with van der Waals surface area (Å²) in [7, 11) is 1.65. The van der Waals surface area contributed by atoms with Gasteiger partial charge in [-0.2, -0.15) is 0 Å². The molecule has 1 N–H and O–H groups in total. The Balaban J connectivity index is 1.88. The zero-order chi connectivity index (χ0) is 13.8. The fourth-order valence-corrected chi connectivity index (χ4v) is 1.58. The Morgan fingerprint density at radius 3 is 2.84 bits per heavy atom. The summed E-state index contributed by atoms with van der Waals surface area (Å²) in [5.41, 5.74) is 0.544. The highest BCUT2D eigenvalue weighted by atomic mass is 19.1. The number of carbonyl (C=O) groups excluding carboxylic acids is 1. The second kappa shape index (κ2) is 5.55. The molecule has 0 saturated heterocycles. The first-order chi connectivity index (χ1) is 9.06. The third kappa shape index (κ3) is 3.34. The number of aromatic nitrogens is 3. The highest BCUT2D eigenvalue weighted by Crippen LogP contribution is 2.09. The van der Waals surface area contributed by atoms with E-state index in [2.05, 4.69) is 15.6 Å². The number of halogens is 2. The third-order valence-corrected chi connectivity index (χ3v) is 2.53. The molecule has 1 amide bonds. The molecule has 19 heavy (non-hydrogen) atoms. The maximum Gasteiger partial charge on any atom is 0.273 e. The first-order valence-corrected chi connectivity index (χ1v) is 5.64. The van der Waals surface area contributed by atoms with Crippen molar-refractivity contribution in [3.63, 3.8) is 0 Å². The van der Waals surface area contributed by atoms with Gasteiger partial charge in [0.2, 0.25) is 0 Å². The maximum atomic E-state index is 13.3. The van der Waals surface area contributed by atoms with Crippen LogP contribution in [0, 0.1) is 11.6 Å². The number of aryl methyl sites for hydroxylation is 1. The molecule has 0 saturated carbocycles. The van der Waals surface area contributed by atoms with Crippen molar-refractivity contribution < 1.29 is 13.6 Å². The lowest BCUT2D eigenvalue weighted by Crippen LogP contribution is -2.26. The molecule has 0 spiro atoms. The van der Waals surface area contributed by atoms with Crippen molar-refractivity contribution in [1.82, 2.24) is 20.3 Å². The summed E-state index contributed by atoms with van der Waals surface area (Å²) >= 11 is 0. The summed E-state index contributed by atoms with van der Waals surface area (Å²) in [6.45, 7) is 0.234. The van der Waals surface area contributed by atoms with Crippen molar-refractivity contribution in [3.8, 4) is 0 Å². The summed E-state index contributed by atoms with van der Waals surface area (Å²) in [5.74, 6) is -1.62. The van der Waals surface area contributed by atoms with Crippen LogP contribution in [-0.4, -0.2) is 27.4 Å². The summed E-state index contributed by atoms with van der Waals surface area (Å²) in [6.07, 6.45) is 1.76. The van der Waals surface area contributed by atoms with Gasteiger partial charge >= 0.3 is 0 Å². The van der Waals surface area contributed by atoms with Crippen LogP contribution in [-0.2, 0) is 13.5 Å². The lowest BCUT2D eigenvalue weighted by molar-refractivity contribution is 0.0949. The van der Waals surface area contributed by atoms with Crippen LogP contribution in [0.2, 0.25) is 0 Å². The molecular weight excluding hydrogens is 254 g/mol. The lowest BCUT2D eigenvalue weighted by Gasteiger charge is -2.04. The normalized spacial score (nSPS) is 10.5. The van der Waals surface area contributed by atoms with Crippen LogP contribution >= 0.6 is 0 Å².